The fraction of sp³-hybridized carbons (Fsp3) is 0.167. The molecule has 0 bridgehead atoms. The van der Waals surface area contributed by atoms with Crippen LogP contribution in [0.1, 0.15) is 29.5 Å². The average Bonchev–Trinajstić information content (AvgIpc) is 2.78. The Morgan fingerprint density at radius 3 is 2.50 bits per heavy atom. The molecule has 0 spiro atoms. The molecular weight excluding hydrogens is 428 g/mol. The standard InChI is InChI=1S/C24H21ClN4O3/c1-2-12-29(14-21-26-20-13-16(25)8-9-17(20)22(30)28-21)24(32)18-10-11-19(27-23(18)31)15-6-4-3-5-7-15/h3-11,13H,2,12,14H2,1H3,(H,27,31)(H,26,28,30). The molecule has 162 valence electrons. The van der Waals surface area contributed by atoms with E-state index in [4.69, 9.17) is 11.6 Å². The normalized spacial score (nSPS) is 10.9. The van der Waals surface area contributed by atoms with Crippen LogP contribution in [-0.4, -0.2) is 32.3 Å². The number of carbonyl (C=O) groups excluding carboxylic acids is 1. The van der Waals surface area contributed by atoms with E-state index in [-0.39, 0.29) is 17.7 Å². The Labute approximate surface area is 188 Å². The van der Waals surface area contributed by atoms with Crippen molar-refractivity contribution < 1.29 is 4.79 Å². The number of aromatic amines is 2. The Kier molecular flexibility index (Phi) is 6.18. The van der Waals surface area contributed by atoms with E-state index < -0.39 is 11.5 Å². The number of H-pyrrole nitrogens is 2. The van der Waals surface area contributed by atoms with Gasteiger partial charge in [0.15, 0.2) is 0 Å². The second kappa shape index (κ2) is 9.20. The molecule has 0 unspecified atom stereocenters. The van der Waals surface area contributed by atoms with Crippen LogP contribution in [0.3, 0.4) is 0 Å². The molecule has 2 heterocycles. The number of amides is 1. The number of carbonyl (C=O) groups is 1. The van der Waals surface area contributed by atoms with Gasteiger partial charge in [-0.15, -0.1) is 0 Å². The second-order valence-corrected chi connectivity index (χ2v) is 7.82. The van der Waals surface area contributed by atoms with Crippen molar-refractivity contribution in [3.63, 3.8) is 0 Å². The number of nitrogens with zero attached hydrogens (tertiary/aromatic N) is 2. The van der Waals surface area contributed by atoms with Crippen LogP contribution in [0.25, 0.3) is 22.2 Å². The lowest BCUT2D eigenvalue weighted by Gasteiger charge is -2.21. The number of pyridine rings is 1. The average molecular weight is 449 g/mol. The predicted octanol–water partition coefficient (Wildman–Crippen LogP) is 3.98. The smallest absolute Gasteiger partial charge is 0.261 e. The van der Waals surface area contributed by atoms with Crippen molar-refractivity contribution >= 4 is 28.4 Å². The van der Waals surface area contributed by atoms with E-state index in [1.807, 2.05) is 37.3 Å². The molecule has 2 aromatic carbocycles. The van der Waals surface area contributed by atoms with Gasteiger partial charge in [0.25, 0.3) is 17.0 Å². The van der Waals surface area contributed by atoms with E-state index in [1.54, 1.807) is 24.3 Å². The summed E-state index contributed by atoms with van der Waals surface area (Å²) in [6, 6.07) is 17.5. The molecule has 7 nitrogen and oxygen atoms in total. The van der Waals surface area contributed by atoms with Gasteiger partial charge in [0.05, 0.1) is 17.4 Å². The lowest BCUT2D eigenvalue weighted by Crippen LogP contribution is -2.36. The zero-order chi connectivity index (χ0) is 22.7. The van der Waals surface area contributed by atoms with Gasteiger partial charge in [-0.1, -0.05) is 48.9 Å². The summed E-state index contributed by atoms with van der Waals surface area (Å²) < 4.78 is 0. The molecule has 0 radical (unpaired) electrons. The number of aromatic nitrogens is 3. The highest BCUT2D eigenvalue weighted by Gasteiger charge is 2.20. The van der Waals surface area contributed by atoms with Gasteiger partial charge in [-0.05, 0) is 42.3 Å². The molecule has 0 saturated carbocycles. The summed E-state index contributed by atoms with van der Waals surface area (Å²) in [5.41, 5.74) is 1.19. The molecule has 2 aromatic heterocycles. The van der Waals surface area contributed by atoms with Crippen molar-refractivity contribution in [3.8, 4) is 11.3 Å². The van der Waals surface area contributed by atoms with Crippen molar-refractivity contribution in [2.75, 3.05) is 6.54 Å². The minimum absolute atomic E-state index is 0.0318. The summed E-state index contributed by atoms with van der Waals surface area (Å²) in [4.78, 5) is 49.7. The van der Waals surface area contributed by atoms with Gasteiger partial charge in [0.2, 0.25) is 0 Å². The topological polar surface area (TPSA) is 98.9 Å². The number of hydrogen-bond acceptors (Lipinski definition) is 4. The fourth-order valence-corrected chi connectivity index (χ4v) is 3.70. The van der Waals surface area contributed by atoms with Crippen LogP contribution in [0.2, 0.25) is 5.02 Å². The van der Waals surface area contributed by atoms with E-state index in [0.717, 1.165) is 5.56 Å². The molecule has 8 heteroatoms. The van der Waals surface area contributed by atoms with Crippen LogP contribution < -0.4 is 11.1 Å². The minimum atomic E-state index is -0.468. The lowest BCUT2D eigenvalue weighted by molar-refractivity contribution is 0.0737. The molecule has 4 aromatic rings. The summed E-state index contributed by atoms with van der Waals surface area (Å²) in [5, 5.41) is 0.882. The van der Waals surface area contributed by atoms with Crippen LogP contribution in [-0.2, 0) is 6.54 Å². The largest absolute Gasteiger partial charge is 0.331 e. The molecule has 4 rings (SSSR count). The maximum Gasteiger partial charge on any atom is 0.261 e. The first-order valence-electron chi connectivity index (χ1n) is 10.2. The van der Waals surface area contributed by atoms with Gasteiger partial charge in [-0.2, -0.15) is 0 Å². The van der Waals surface area contributed by atoms with E-state index in [0.29, 0.717) is 40.4 Å². The lowest BCUT2D eigenvalue weighted by atomic mass is 10.1. The van der Waals surface area contributed by atoms with Gasteiger partial charge in [0.1, 0.15) is 11.4 Å². The third-order valence-corrected chi connectivity index (χ3v) is 5.30. The Bertz CT molecular complexity index is 1400. The van der Waals surface area contributed by atoms with Gasteiger partial charge >= 0.3 is 0 Å². The summed E-state index contributed by atoms with van der Waals surface area (Å²) in [6.45, 7) is 2.39. The van der Waals surface area contributed by atoms with E-state index in [9.17, 15) is 14.4 Å². The number of benzene rings is 2. The maximum atomic E-state index is 13.2. The van der Waals surface area contributed by atoms with Crippen molar-refractivity contribution in [2.45, 2.75) is 19.9 Å². The van der Waals surface area contributed by atoms with Crippen molar-refractivity contribution in [1.29, 1.82) is 0 Å². The van der Waals surface area contributed by atoms with Crippen LogP contribution >= 0.6 is 11.6 Å². The van der Waals surface area contributed by atoms with Crippen molar-refractivity contribution in [1.82, 2.24) is 19.9 Å². The Hall–Kier alpha value is -3.71. The van der Waals surface area contributed by atoms with Gasteiger partial charge in [0, 0.05) is 17.3 Å². The quantitative estimate of drug-likeness (QED) is 0.466. The number of hydrogen-bond donors (Lipinski definition) is 2. The number of rotatable bonds is 6. The molecule has 2 N–H and O–H groups in total. The molecule has 0 aliphatic heterocycles. The SMILES string of the molecule is CCCN(Cc1nc2cc(Cl)ccc2c(=O)[nH]1)C(=O)c1ccc(-c2ccccc2)[nH]c1=O. The summed E-state index contributed by atoms with van der Waals surface area (Å²) >= 11 is 6.03. The molecule has 0 fully saturated rings. The van der Waals surface area contributed by atoms with E-state index in [2.05, 4.69) is 15.0 Å². The highest BCUT2D eigenvalue weighted by Crippen LogP contribution is 2.17. The molecule has 0 atom stereocenters. The van der Waals surface area contributed by atoms with Crippen molar-refractivity contribution in [3.05, 3.63) is 97.8 Å². The maximum absolute atomic E-state index is 13.2. The van der Waals surface area contributed by atoms with Gasteiger partial charge < -0.3 is 14.9 Å². The summed E-state index contributed by atoms with van der Waals surface area (Å²) in [7, 11) is 0. The zero-order valence-corrected chi connectivity index (χ0v) is 18.1. The van der Waals surface area contributed by atoms with E-state index in [1.165, 1.54) is 11.0 Å². The number of nitrogens with one attached hydrogen (secondary N) is 2. The Morgan fingerprint density at radius 1 is 1.00 bits per heavy atom. The van der Waals surface area contributed by atoms with Crippen LogP contribution in [0, 0.1) is 0 Å². The molecule has 0 aliphatic rings. The first kappa shape index (κ1) is 21.5. The first-order chi connectivity index (χ1) is 15.5. The Balaban J connectivity index is 1.64. The molecule has 0 aliphatic carbocycles. The molecular formula is C24H21ClN4O3. The van der Waals surface area contributed by atoms with Gasteiger partial charge in [-0.3, -0.25) is 14.4 Å². The van der Waals surface area contributed by atoms with E-state index >= 15 is 0 Å². The van der Waals surface area contributed by atoms with Crippen LogP contribution in [0.5, 0.6) is 0 Å². The first-order valence-corrected chi connectivity index (χ1v) is 10.6. The number of halogens is 1. The fourth-order valence-electron chi connectivity index (χ4n) is 3.54. The Morgan fingerprint density at radius 2 is 1.78 bits per heavy atom. The molecule has 32 heavy (non-hydrogen) atoms. The molecule has 0 saturated heterocycles. The highest BCUT2D eigenvalue weighted by atomic mass is 35.5. The third kappa shape index (κ3) is 4.48. The second-order valence-electron chi connectivity index (χ2n) is 7.38. The van der Waals surface area contributed by atoms with Crippen LogP contribution in [0.15, 0.2) is 70.3 Å². The molecule has 1 amide bonds. The van der Waals surface area contributed by atoms with Gasteiger partial charge in [-0.25, -0.2) is 4.98 Å². The zero-order valence-electron chi connectivity index (χ0n) is 17.4. The highest BCUT2D eigenvalue weighted by molar-refractivity contribution is 6.31. The summed E-state index contributed by atoms with van der Waals surface area (Å²) in [5.74, 6) is -0.106. The minimum Gasteiger partial charge on any atom is -0.331 e. The summed E-state index contributed by atoms with van der Waals surface area (Å²) in [6.07, 6.45) is 0.676. The number of fused-ring (bicyclic) bond motifs is 1. The van der Waals surface area contributed by atoms with Crippen molar-refractivity contribution in [2.24, 2.45) is 0 Å². The van der Waals surface area contributed by atoms with Crippen LogP contribution in [0.4, 0.5) is 0 Å². The monoisotopic (exact) mass is 448 g/mol. The predicted molar refractivity (Wildman–Crippen MR) is 125 cm³/mol. The third-order valence-electron chi connectivity index (χ3n) is 5.06.